The van der Waals surface area contributed by atoms with Crippen molar-refractivity contribution in [2.75, 3.05) is 19.6 Å². The number of nitrogens with zero attached hydrogens (tertiary/aromatic N) is 3. The first-order chi connectivity index (χ1) is 8.59. The van der Waals surface area contributed by atoms with Crippen LogP contribution in [0.1, 0.15) is 19.5 Å². The molecule has 2 rings (SSSR count). The Kier molecular flexibility index (Phi) is 3.47. The summed E-state index contributed by atoms with van der Waals surface area (Å²) in [5.74, 6) is 0.202. The second-order valence-corrected chi connectivity index (χ2v) is 4.84. The molecule has 6 heteroatoms. The average Bonchev–Trinajstić information content (AvgIpc) is 2.39. The summed E-state index contributed by atoms with van der Waals surface area (Å²) in [6.45, 7) is 6.15. The molecule has 1 unspecified atom stereocenters. The van der Waals surface area contributed by atoms with Crippen LogP contribution < -0.4 is 11.1 Å². The van der Waals surface area contributed by atoms with Crippen molar-refractivity contribution in [2.45, 2.75) is 19.4 Å². The van der Waals surface area contributed by atoms with Crippen molar-refractivity contribution in [1.82, 2.24) is 20.2 Å². The highest BCUT2D eigenvalue weighted by Crippen LogP contribution is 2.35. The standard InChI is InChI=1S/C12H19N5O/c1-9(2)12(10-3-4-15-8-16-10)7-14-5-6-17(12)11(13)18/h3-4,8-9,14H,5-7H2,1-2H3,(H2,13,18). The van der Waals surface area contributed by atoms with E-state index in [1.54, 1.807) is 11.1 Å². The fourth-order valence-electron chi connectivity index (χ4n) is 2.66. The molecule has 1 aliphatic rings. The quantitative estimate of drug-likeness (QED) is 0.790. The van der Waals surface area contributed by atoms with Gasteiger partial charge in [-0.15, -0.1) is 0 Å². The van der Waals surface area contributed by atoms with Crippen LogP contribution in [0.15, 0.2) is 18.6 Å². The monoisotopic (exact) mass is 249 g/mol. The number of rotatable bonds is 2. The Labute approximate surface area is 107 Å². The maximum Gasteiger partial charge on any atom is 0.315 e. The Balaban J connectivity index is 2.51. The van der Waals surface area contributed by atoms with Gasteiger partial charge in [0.1, 0.15) is 11.9 Å². The van der Waals surface area contributed by atoms with Crippen LogP contribution >= 0.6 is 0 Å². The zero-order valence-corrected chi connectivity index (χ0v) is 10.8. The van der Waals surface area contributed by atoms with Gasteiger partial charge >= 0.3 is 6.03 Å². The molecular formula is C12H19N5O. The van der Waals surface area contributed by atoms with Crippen molar-refractivity contribution < 1.29 is 4.79 Å². The van der Waals surface area contributed by atoms with Crippen molar-refractivity contribution in [3.8, 4) is 0 Å². The Morgan fingerprint density at radius 3 is 2.94 bits per heavy atom. The number of piperazine rings is 1. The van der Waals surface area contributed by atoms with Crippen molar-refractivity contribution in [1.29, 1.82) is 0 Å². The van der Waals surface area contributed by atoms with Crippen LogP contribution in [0.4, 0.5) is 4.79 Å². The molecule has 0 aromatic carbocycles. The summed E-state index contributed by atoms with van der Waals surface area (Å²) in [4.78, 5) is 21.7. The van der Waals surface area contributed by atoms with Crippen LogP contribution in [-0.4, -0.2) is 40.5 Å². The van der Waals surface area contributed by atoms with E-state index in [4.69, 9.17) is 5.73 Å². The van der Waals surface area contributed by atoms with Gasteiger partial charge in [0.15, 0.2) is 0 Å². The van der Waals surface area contributed by atoms with Crippen LogP contribution in [0.5, 0.6) is 0 Å². The van der Waals surface area contributed by atoms with Crippen LogP contribution in [0, 0.1) is 5.92 Å². The van der Waals surface area contributed by atoms with Gasteiger partial charge in [0.25, 0.3) is 0 Å². The topological polar surface area (TPSA) is 84.1 Å². The molecule has 0 saturated carbocycles. The number of urea groups is 1. The lowest BCUT2D eigenvalue weighted by molar-refractivity contribution is 0.0491. The van der Waals surface area contributed by atoms with Gasteiger partial charge in [-0.2, -0.15) is 0 Å². The highest BCUT2D eigenvalue weighted by atomic mass is 16.2. The second-order valence-electron chi connectivity index (χ2n) is 4.84. The van der Waals surface area contributed by atoms with Gasteiger partial charge in [-0.05, 0) is 12.0 Å². The highest BCUT2D eigenvalue weighted by molar-refractivity contribution is 5.73. The first-order valence-corrected chi connectivity index (χ1v) is 6.13. The van der Waals surface area contributed by atoms with Crippen LogP contribution in [-0.2, 0) is 5.54 Å². The van der Waals surface area contributed by atoms with Gasteiger partial charge in [-0.1, -0.05) is 13.8 Å². The van der Waals surface area contributed by atoms with Gasteiger partial charge in [-0.3, -0.25) is 0 Å². The van der Waals surface area contributed by atoms with E-state index >= 15 is 0 Å². The first kappa shape index (κ1) is 12.8. The number of aromatic nitrogens is 2. The van der Waals surface area contributed by atoms with E-state index in [9.17, 15) is 4.79 Å². The van der Waals surface area contributed by atoms with Crippen molar-refractivity contribution in [3.05, 3.63) is 24.3 Å². The molecule has 0 aliphatic carbocycles. The molecule has 0 bridgehead atoms. The Morgan fingerprint density at radius 2 is 2.39 bits per heavy atom. The van der Waals surface area contributed by atoms with Gasteiger partial charge in [0.2, 0.25) is 0 Å². The van der Waals surface area contributed by atoms with E-state index in [0.29, 0.717) is 13.1 Å². The van der Waals surface area contributed by atoms with Crippen molar-refractivity contribution >= 4 is 6.03 Å². The lowest BCUT2D eigenvalue weighted by Crippen LogP contribution is -2.64. The lowest BCUT2D eigenvalue weighted by atomic mass is 9.80. The minimum absolute atomic E-state index is 0.202. The summed E-state index contributed by atoms with van der Waals surface area (Å²) in [6.07, 6.45) is 3.20. The molecule has 1 fully saturated rings. The zero-order chi connectivity index (χ0) is 13.2. The summed E-state index contributed by atoms with van der Waals surface area (Å²) >= 11 is 0. The number of hydrogen-bond acceptors (Lipinski definition) is 4. The predicted octanol–water partition coefficient (Wildman–Crippen LogP) is 0.312. The molecule has 3 N–H and O–H groups in total. The Morgan fingerprint density at radius 1 is 1.61 bits per heavy atom. The summed E-state index contributed by atoms with van der Waals surface area (Å²) < 4.78 is 0. The molecule has 1 atom stereocenters. The van der Waals surface area contributed by atoms with Crippen molar-refractivity contribution in [3.63, 3.8) is 0 Å². The zero-order valence-electron chi connectivity index (χ0n) is 10.8. The molecule has 1 aliphatic heterocycles. The van der Waals surface area contributed by atoms with Crippen molar-refractivity contribution in [2.24, 2.45) is 11.7 Å². The number of amides is 2. The minimum Gasteiger partial charge on any atom is -0.351 e. The second kappa shape index (κ2) is 4.89. The average molecular weight is 249 g/mol. The summed E-state index contributed by atoms with van der Waals surface area (Å²) in [5.41, 5.74) is 5.87. The molecule has 98 valence electrons. The van der Waals surface area contributed by atoms with E-state index < -0.39 is 11.6 Å². The number of carbonyl (C=O) groups excluding carboxylic acids is 1. The van der Waals surface area contributed by atoms with E-state index in [0.717, 1.165) is 12.2 Å². The minimum atomic E-state index is -0.493. The third-order valence-electron chi connectivity index (χ3n) is 3.64. The number of primary amides is 1. The SMILES string of the molecule is CC(C)C1(c2ccncn2)CNCCN1C(N)=O. The van der Waals surface area contributed by atoms with E-state index in [1.165, 1.54) is 6.33 Å². The molecular weight excluding hydrogens is 230 g/mol. The van der Waals surface area contributed by atoms with Gasteiger partial charge in [0.05, 0.1) is 5.69 Å². The van der Waals surface area contributed by atoms with Crippen LogP contribution in [0.3, 0.4) is 0 Å². The summed E-state index contributed by atoms with van der Waals surface area (Å²) in [7, 11) is 0. The Hall–Kier alpha value is -1.69. The third kappa shape index (κ3) is 1.92. The predicted molar refractivity (Wildman–Crippen MR) is 67.7 cm³/mol. The van der Waals surface area contributed by atoms with E-state index in [1.807, 2.05) is 6.07 Å². The third-order valence-corrected chi connectivity index (χ3v) is 3.64. The number of hydrogen-bond donors (Lipinski definition) is 2. The lowest BCUT2D eigenvalue weighted by Gasteiger charge is -2.48. The van der Waals surface area contributed by atoms with E-state index in [2.05, 4.69) is 29.1 Å². The largest absolute Gasteiger partial charge is 0.351 e. The fraction of sp³-hybridized carbons (Fsp3) is 0.583. The molecule has 6 nitrogen and oxygen atoms in total. The van der Waals surface area contributed by atoms with Gasteiger partial charge < -0.3 is 16.0 Å². The van der Waals surface area contributed by atoms with Gasteiger partial charge in [-0.25, -0.2) is 14.8 Å². The number of nitrogens with one attached hydrogen (secondary N) is 1. The maximum atomic E-state index is 11.7. The number of carbonyl (C=O) groups is 1. The van der Waals surface area contributed by atoms with E-state index in [-0.39, 0.29) is 5.92 Å². The molecule has 0 radical (unpaired) electrons. The first-order valence-electron chi connectivity index (χ1n) is 6.13. The van der Waals surface area contributed by atoms with Gasteiger partial charge in [0, 0.05) is 25.8 Å². The molecule has 0 spiro atoms. The normalized spacial score (nSPS) is 24.3. The molecule has 2 amide bonds. The fourth-order valence-corrected chi connectivity index (χ4v) is 2.66. The molecule has 1 aromatic rings. The highest BCUT2D eigenvalue weighted by Gasteiger charge is 2.46. The summed E-state index contributed by atoms with van der Waals surface area (Å²) in [5, 5.41) is 3.33. The summed E-state index contributed by atoms with van der Waals surface area (Å²) in [6, 6.07) is 1.45. The molecule has 1 saturated heterocycles. The molecule has 2 heterocycles. The van der Waals surface area contributed by atoms with Crippen LogP contribution in [0.25, 0.3) is 0 Å². The van der Waals surface area contributed by atoms with Crippen LogP contribution in [0.2, 0.25) is 0 Å². The maximum absolute atomic E-state index is 11.7. The smallest absolute Gasteiger partial charge is 0.315 e. The Bertz CT molecular complexity index is 422. The number of nitrogens with two attached hydrogens (primary N) is 1. The molecule has 18 heavy (non-hydrogen) atoms. The molecule has 1 aromatic heterocycles.